The predicted octanol–water partition coefficient (Wildman–Crippen LogP) is 0.839. The maximum absolute atomic E-state index is 11.8. The Bertz CT molecular complexity index is 592. The van der Waals surface area contributed by atoms with Crippen molar-refractivity contribution in [3.63, 3.8) is 0 Å². The number of nitrogens with one attached hydrogen (secondary N) is 1. The predicted molar refractivity (Wildman–Crippen MR) is 84.4 cm³/mol. The number of benzene rings is 1. The summed E-state index contributed by atoms with van der Waals surface area (Å²) in [5.41, 5.74) is 7.49. The van der Waals surface area contributed by atoms with Crippen LogP contribution >= 0.6 is 0 Å². The highest BCUT2D eigenvalue weighted by Gasteiger charge is 2.03. The third-order valence-corrected chi connectivity index (χ3v) is 3.36. The summed E-state index contributed by atoms with van der Waals surface area (Å²) in [7, 11) is 0. The van der Waals surface area contributed by atoms with Gasteiger partial charge in [0.15, 0.2) is 0 Å². The van der Waals surface area contributed by atoms with Crippen LogP contribution in [0.3, 0.4) is 0 Å². The minimum atomic E-state index is 0.0235. The van der Waals surface area contributed by atoms with E-state index in [0.29, 0.717) is 32.5 Å². The summed E-state index contributed by atoms with van der Waals surface area (Å²) in [5, 5.41) is 12.1. The molecule has 0 fully saturated rings. The molecule has 0 saturated heterocycles. The summed E-state index contributed by atoms with van der Waals surface area (Å²) < 4.78 is 1.95. The molecule has 1 amide bonds. The molecule has 1 aromatic carbocycles. The number of carbonyl (C=O) groups excluding carboxylic acids is 1. The molecule has 0 aliphatic carbocycles. The summed E-state index contributed by atoms with van der Waals surface area (Å²) >= 11 is 0. The molecule has 6 nitrogen and oxygen atoms in total. The standard InChI is InChI=1S/C16H22N4O2/c17-8-7-14-11-20(12-19-14)10-9-18-16(22)6-3-13-1-4-15(21)5-2-13/h1-2,4-5,11-12,21H,3,6-10,17H2,(H,18,22). The van der Waals surface area contributed by atoms with Crippen molar-refractivity contribution in [2.45, 2.75) is 25.8 Å². The van der Waals surface area contributed by atoms with E-state index in [4.69, 9.17) is 5.73 Å². The van der Waals surface area contributed by atoms with Gasteiger partial charge >= 0.3 is 0 Å². The Kier molecular flexibility index (Phi) is 5.97. The Balaban J connectivity index is 1.65. The first-order valence-electron chi connectivity index (χ1n) is 7.42. The van der Waals surface area contributed by atoms with Crippen LogP contribution in [-0.2, 0) is 24.2 Å². The number of phenolic OH excluding ortho intramolecular Hbond substituents is 1. The maximum Gasteiger partial charge on any atom is 0.220 e. The van der Waals surface area contributed by atoms with Gasteiger partial charge in [-0.1, -0.05) is 12.1 Å². The van der Waals surface area contributed by atoms with E-state index in [1.165, 1.54) is 0 Å². The third kappa shape index (κ3) is 5.21. The number of carbonyl (C=O) groups is 1. The molecule has 0 saturated carbocycles. The molecule has 0 aliphatic rings. The minimum absolute atomic E-state index is 0.0235. The van der Waals surface area contributed by atoms with Crippen LogP contribution in [0.4, 0.5) is 0 Å². The number of phenols is 1. The highest BCUT2D eigenvalue weighted by molar-refractivity contribution is 5.76. The molecule has 0 spiro atoms. The molecule has 0 radical (unpaired) electrons. The molecule has 118 valence electrons. The van der Waals surface area contributed by atoms with Gasteiger partial charge in [0.05, 0.1) is 12.0 Å². The lowest BCUT2D eigenvalue weighted by Crippen LogP contribution is -2.27. The quantitative estimate of drug-likeness (QED) is 0.673. The van der Waals surface area contributed by atoms with Crippen molar-refractivity contribution in [3.8, 4) is 5.75 Å². The zero-order valence-corrected chi connectivity index (χ0v) is 12.5. The van der Waals surface area contributed by atoms with Gasteiger partial charge in [-0.3, -0.25) is 4.79 Å². The smallest absolute Gasteiger partial charge is 0.220 e. The fraction of sp³-hybridized carbons (Fsp3) is 0.375. The molecule has 0 aliphatic heterocycles. The van der Waals surface area contributed by atoms with Gasteiger partial charge in [0.2, 0.25) is 5.91 Å². The van der Waals surface area contributed by atoms with Crippen molar-refractivity contribution in [2.24, 2.45) is 5.73 Å². The largest absolute Gasteiger partial charge is 0.508 e. The number of aryl methyl sites for hydroxylation is 1. The van der Waals surface area contributed by atoms with Crippen LogP contribution < -0.4 is 11.1 Å². The highest BCUT2D eigenvalue weighted by atomic mass is 16.3. The Morgan fingerprint density at radius 1 is 1.27 bits per heavy atom. The number of imidazole rings is 1. The lowest BCUT2D eigenvalue weighted by molar-refractivity contribution is -0.121. The van der Waals surface area contributed by atoms with Gasteiger partial charge in [-0.15, -0.1) is 0 Å². The molecule has 0 bridgehead atoms. The van der Waals surface area contributed by atoms with Crippen molar-refractivity contribution in [3.05, 3.63) is 48.0 Å². The molecular weight excluding hydrogens is 280 g/mol. The Labute approximate surface area is 130 Å². The number of nitrogens with two attached hydrogens (primary N) is 1. The first-order valence-corrected chi connectivity index (χ1v) is 7.42. The second-order valence-electron chi connectivity index (χ2n) is 5.16. The molecule has 0 unspecified atom stereocenters. The average molecular weight is 302 g/mol. The van der Waals surface area contributed by atoms with E-state index in [0.717, 1.165) is 17.7 Å². The molecule has 2 aromatic rings. The minimum Gasteiger partial charge on any atom is -0.508 e. The van der Waals surface area contributed by atoms with Gasteiger partial charge in [0, 0.05) is 32.1 Å². The van der Waals surface area contributed by atoms with Crippen LogP contribution in [0.15, 0.2) is 36.8 Å². The normalized spacial score (nSPS) is 10.6. The molecule has 1 heterocycles. The highest BCUT2D eigenvalue weighted by Crippen LogP contribution is 2.10. The van der Waals surface area contributed by atoms with Crippen LogP contribution in [0.1, 0.15) is 17.7 Å². The summed E-state index contributed by atoms with van der Waals surface area (Å²) in [5.74, 6) is 0.262. The monoisotopic (exact) mass is 302 g/mol. The third-order valence-electron chi connectivity index (χ3n) is 3.36. The number of hydrogen-bond acceptors (Lipinski definition) is 4. The fourth-order valence-corrected chi connectivity index (χ4v) is 2.14. The Hall–Kier alpha value is -2.34. The second kappa shape index (κ2) is 8.19. The second-order valence-corrected chi connectivity index (χ2v) is 5.16. The average Bonchev–Trinajstić information content (AvgIpc) is 2.95. The molecule has 2 rings (SSSR count). The molecule has 4 N–H and O–H groups in total. The van der Waals surface area contributed by atoms with Crippen molar-refractivity contribution >= 4 is 5.91 Å². The van der Waals surface area contributed by atoms with Gasteiger partial charge in [0.1, 0.15) is 5.75 Å². The summed E-state index contributed by atoms with van der Waals surface area (Å²) in [6.07, 6.45) is 5.58. The van der Waals surface area contributed by atoms with E-state index in [9.17, 15) is 9.90 Å². The molecule has 1 aromatic heterocycles. The van der Waals surface area contributed by atoms with E-state index in [-0.39, 0.29) is 11.7 Å². The first kappa shape index (κ1) is 16.0. The van der Waals surface area contributed by atoms with Crippen LogP contribution in [-0.4, -0.2) is 33.7 Å². The molecule has 22 heavy (non-hydrogen) atoms. The summed E-state index contributed by atoms with van der Waals surface area (Å²) in [6, 6.07) is 6.91. The van der Waals surface area contributed by atoms with E-state index >= 15 is 0 Å². The molecule has 6 heteroatoms. The van der Waals surface area contributed by atoms with Gasteiger partial charge in [-0.05, 0) is 30.7 Å². The zero-order valence-electron chi connectivity index (χ0n) is 12.5. The van der Waals surface area contributed by atoms with Crippen LogP contribution in [0.5, 0.6) is 5.75 Å². The number of nitrogens with zero attached hydrogens (tertiary/aromatic N) is 2. The Morgan fingerprint density at radius 3 is 2.77 bits per heavy atom. The SMILES string of the molecule is NCCc1cn(CCNC(=O)CCc2ccc(O)cc2)cn1. The molecule has 0 atom stereocenters. The number of rotatable bonds is 8. The van der Waals surface area contributed by atoms with E-state index in [2.05, 4.69) is 10.3 Å². The molecular formula is C16H22N4O2. The number of aromatic hydroxyl groups is 1. The van der Waals surface area contributed by atoms with E-state index < -0.39 is 0 Å². The van der Waals surface area contributed by atoms with Crippen molar-refractivity contribution < 1.29 is 9.90 Å². The number of hydrogen-bond donors (Lipinski definition) is 3. The number of aromatic nitrogens is 2. The maximum atomic E-state index is 11.8. The van der Waals surface area contributed by atoms with Crippen molar-refractivity contribution in [1.29, 1.82) is 0 Å². The lowest BCUT2D eigenvalue weighted by Gasteiger charge is -2.06. The van der Waals surface area contributed by atoms with Crippen LogP contribution in [0.25, 0.3) is 0 Å². The van der Waals surface area contributed by atoms with E-state index in [1.807, 2.05) is 22.9 Å². The zero-order chi connectivity index (χ0) is 15.8. The van der Waals surface area contributed by atoms with Gasteiger partial charge < -0.3 is 20.7 Å². The van der Waals surface area contributed by atoms with E-state index in [1.54, 1.807) is 18.5 Å². The summed E-state index contributed by atoms with van der Waals surface area (Å²) in [4.78, 5) is 16.0. The van der Waals surface area contributed by atoms with Crippen molar-refractivity contribution in [1.82, 2.24) is 14.9 Å². The fourth-order valence-electron chi connectivity index (χ4n) is 2.14. The van der Waals surface area contributed by atoms with Crippen molar-refractivity contribution in [2.75, 3.05) is 13.1 Å². The van der Waals surface area contributed by atoms with Crippen LogP contribution in [0, 0.1) is 0 Å². The van der Waals surface area contributed by atoms with Gasteiger partial charge in [0.25, 0.3) is 0 Å². The summed E-state index contributed by atoms with van der Waals surface area (Å²) in [6.45, 7) is 1.86. The topological polar surface area (TPSA) is 93.2 Å². The Morgan fingerprint density at radius 2 is 2.05 bits per heavy atom. The van der Waals surface area contributed by atoms with Gasteiger partial charge in [-0.25, -0.2) is 4.98 Å². The first-order chi connectivity index (χ1) is 10.7. The van der Waals surface area contributed by atoms with Gasteiger partial charge in [-0.2, -0.15) is 0 Å². The lowest BCUT2D eigenvalue weighted by atomic mass is 10.1. The number of amides is 1. The van der Waals surface area contributed by atoms with Crippen LogP contribution in [0.2, 0.25) is 0 Å².